The van der Waals surface area contributed by atoms with E-state index in [1.807, 2.05) is 26.0 Å². The fraction of sp³-hybridized carbons (Fsp3) is 0.278. The number of halogens is 1. The molecule has 0 spiro atoms. The molecule has 1 amide bonds. The van der Waals surface area contributed by atoms with Gasteiger partial charge in [-0.15, -0.1) is 0 Å². The van der Waals surface area contributed by atoms with Gasteiger partial charge in [-0.05, 0) is 60.0 Å². The standard InChI is InChI=1S/C18H19BrN2O2/c1-11-5-6-14(7-12(11)2)17(22)13(3)21(4)18(23)15-8-16(19)10-20-9-15/h5-10,13H,1-4H3. The third-order valence-corrected chi connectivity index (χ3v) is 4.46. The summed E-state index contributed by atoms with van der Waals surface area (Å²) in [5.74, 6) is -0.310. The molecule has 1 aromatic carbocycles. The molecule has 0 aliphatic carbocycles. The normalized spacial score (nSPS) is 11.9. The number of ketones is 1. The Hall–Kier alpha value is -2.01. The first-order valence-electron chi connectivity index (χ1n) is 7.30. The lowest BCUT2D eigenvalue weighted by Crippen LogP contribution is -2.40. The van der Waals surface area contributed by atoms with Gasteiger partial charge in [-0.25, -0.2) is 0 Å². The van der Waals surface area contributed by atoms with E-state index in [1.165, 1.54) is 11.1 Å². The Kier molecular flexibility index (Phi) is 5.31. The number of hydrogen-bond donors (Lipinski definition) is 0. The van der Waals surface area contributed by atoms with Crippen LogP contribution in [-0.2, 0) is 0 Å². The predicted octanol–water partition coefficient (Wildman–Crippen LogP) is 3.80. The molecule has 23 heavy (non-hydrogen) atoms. The Bertz CT molecular complexity index is 758. The van der Waals surface area contributed by atoms with E-state index in [0.717, 1.165) is 15.6 Å². The summed E-state index contributed by atoms with van der Waals surface area (Å²) >= 11 is 3.30. The minimum absolute atomic E-state index is 0.0769. The van der Waals surface area contributed by atoms with Gasteiger partial charge in [0.05, 0.1) is 11.6 Å². The number of amides is 1. The van der Waals surface area contributed by atoms with Crippen LogP contribution in [0, 0.1) is 13.8 Å². The number of aromatic nitrogens is 1. The Balaban J connectivity index is 2.21. The molecule has 1 heterocycles. The van der Waals surface area contributed by atoms with E-state index in [-0.39, 0.29) is 11.7 Å². The second-order valence-corrected chi connectivity index (χ2v) is 6.56. The fourth-order valence-corrected chi connectivity index (χ4v) is 2.58. The van der Waals surface area contributed by atoms with E-state index in [9.17, 15) is 9.59 Å². The maximum atomic E-state index is 12.6. The quantitative estimate of drug-likeness (QED) is 0.764. The summed E-state index contributed by atoms with van der Waals surface area (Å²) in [6, 6.07) is 6.74. The summed E-state index contributed by atoms with van der Waals surface area (Å²) in [6.45, 7) is 5.71. The SMILES string of the molecule is Cc1ccc(C(=O)C(C)N(C)C(=O)c2cncc(Br)c2)cc1C. The summed E-state index contributed by atoms with van der Waals surface area (Å²) in [5, 5.41) is 0. The largest absolute Gasteiger partial charge is 0.332 e. The van der Waals surface area contributed by atoms with Crippen LogP contribution in [0.3, 0.4) is 0 Å². The van der Waals surface area contributed by atoms with Crippen LogP contribution < -0.4 is 0 Å². The topological polar surface area (TPSA) is 50.3 Å². The maximum absolute atomic E-state index is 12.6. The van der Waals surface area contributed by atoms with Crippen LogP contribution in [0.25, 0.3) is 0 Å². The molecule has 0 bridgehead atoms. The van der Waals surface area contributed by atoms with Crippen LogP contribution in [0.2, 0.25) is 0 Å². The van der Waals surface area contributed by atoms with Crippen LogP contribution >= 0.6 is 15.9 Å². The molecular formula is C18H19BrN2O2. The van der Waals surface area contributed by atoms with Gasteiger partial charge in [0.25, 0.3) is 5.91 Å². The van der Waals surface area contributed by atoms with Crippen molar-refractivity contribution in [1.82, 2.24) is 9.88 Å². The lowest BCUT2D eigenvalue weighted by atomic mass is 9.99. The van der Waals surface area contributed by atoms with Crippen molar-refractivity contribution >= 4 is 27.6 Å². The molecule has 0 N–H and O–H groups in total. The minimum Gasteiger partial charge on any atom is -0.332 e. The monoisotopic (exact) mass is 374 g/mol. The summed E-state index contributed by atoms with van der Waals surface area (Å²) in [7, 11) is 1.63. The molecule has 5 heteroatoms. The molecule has 1 atom stereocenters. The van der Waals surface area contributed by atoms with Crippen molar-refractivity contribution in [1.29, 1.82) is 0 Å². The van der Waals surface area contributed by atoms with Crippen molar-refractivity contribution in [3.63, 3.8) is 0 Å². The Labute approximate surface area is 144 Å². The molecule has 4 nitrogen and oxygen atoms in total. The average molecular weight is 375 g/mol. The first-order chi connectivity index (χ1) is 10.8. The summed E-state index contributed by atoms with van der Waals surface area (Å²) in [5.41, 5.74) is 3.27. The minimum atomic E-state index is -0.552. The van der Waals surface area contributed by atoms with Gasteiger partial charge in [-0.2, -0.15) is 0 Å². The number of Topliss-reactive ketones (excluding diaryl/α,β-unsaturated/α-hetero) is 1. The first-order valence-corrected chi connectivity index (χ1v) is 8.09. The lowest BCUT2D eigenvalue weighted by Gasteiger charge is -2.24. The van der Waals surface area contributed by atoms with Crippen LogP contribution in [-0.4, -0.2) is 34.7 Å². The predicted molar refractivity (Wildman–Crippen MR) is 93.7 cm³/mol. The van der Waals surface area contributed by atoms with Gasteiger partial charge in [-0.3, -0.25) is 14.6 Å². The molecule has 0 saturated heterocycles. The molecule has 120 valence electrons. The van der Waals surface area contributed by atoms with Gasteiger partial charge in [0.15, 0.2) is 5.78 Å². The number of pyridine rings is 1. The first kappa shape index (κ1) is 17.3. The zero-order valence-electron chi connectivity index (χ0n) is 13.6. The smallest absolute Gasteiger partial charge is 0.255 e. The van der Waals surface area contributed by atoms with Crippen molar-refractivity contribution < 1.29 is 9.59 Å². The van der Waals surface area contributed by atoms with Gasteiger partial charge in [0.1, 0.15) is 0 Å². The van der Waals surface area contributed by atoms with E-state index in [0.29, 0.717) is 11.1 Å². The van der Waals surface area contributed by atoms with Gasteiger partial charge in [0, 0.05) is 29.5 Å². The molecule has 0 aliphatic rings. The molecule has 0 radical (unpaired) electrons. The molecule has 2 rings (SSSR count). The van der Waals surface area contributed by atoms with Crippen molar-refractivity contribution in [3.05, 3.63) is 63.4 Å². The second-order valence-electron chi connectivity index (χ2n) is 5.65. The van der Waals surface area contributed by atoms with E-state index >= 15 is 0 Å². The summed E-state index contributed by atoms with van der Waals surface area (Å²) in [4.78, 5) is 30.6. The van der Waals surface area contributed by atoms with E-state index in [4.69, 9.17) is 0 Å². The molecule has 2 aromatic rings. The van der Waals surface area contributed by atoms with Crippen molar-refractivity contribution in [3.8, 4) is 0 Å². The van der Waals surface area contributed by atoms with Crippen LogP contribution in [0.4, 0.5) is 0 Å². The van der Waals surface area contributed by atoms with E-state index in [1.54, 1.807) is 32.3 Å². The Morgan fingerprint density at radius 1 is 1.09 bits per heavy atom. The highest BCUT2D eigenvalue weighted by molar-refractivity contribution is 9.10. The highest BCUT2D eigenvalue weighted by Gasteiger charge is 2.24. The number of carbonyl (C=O) groups is 2. The molecule has 1 unspecified atom stereocenters. The number of rotatable bonds is 4. The average Bonchev–Trinajstić information content (AvgIpc) is 2.54. The lowest BCUT2D eigenvalue weighted by molar-refractivity contribution is 0.0674. The van der Waals surface area contributed by atoms with Crippen LogP contribution in [0.1, 0.15) is 38.8 Å². The summed E-state index contributed by atoms with van der Waals surface area (Å²) < 4.78 is 0.727. The molecule has 0 aliphatic heterocycles. The molecule has 0 fully saturated rings. The van der Waals surface area contributed by atoms with Gasteiger partial charge in [-0.1, -0.05) is 12.1 Å². The zero-order valence-corrected chi connectivity index (χ0v) is 15.2. The third-order valence-electron chi connectivity index (χ3n) is 4.02. The highest BCUT2D eigenvalue weighted by Crippen LogP contribution is 2.16. The number of aryl methyl sites for hydroxylation is 2. The molecule has 0 saturated carbocycles. The Morgan fingerprint density at radius 2 is 1.78 bits per heavy atom. The summed E-state index contributed by atoms with van der Waals surface area (Å²) in [6.07, 6.45) is 3.11. The molecular weight excluding hydrogens is 356 g/mol. The van der Waals surface area contributed by atoms with Gasteiger partial charge < -0.3 is 4.90 Å². The number of nitrogens with zero attached hydrogens (tertiary/aromatic N) is 2. The number of likely N-dealkylation sites (N-methyl/N-ethyl adjacent to an activating group) is 1. The Morgan fingerprint density at radius 3 is 2.39 bits per heavy atom. The highest BCUT2D eigenvalue weighted by atomic mass is 79.9. The van der Waals surface area contributed by atoms with Gasteiger partial charge >= 0.3 is 0 Å². The molecule has 1 aromatic heterocycles. The van der Waals surface area contributed by atoms with E-state index in [2.05, 4.69) is 20.9 Å². The van der Waals surface area contributed by atoms with Gasteiger partial charge in [0.2, 0.25) is 0 Å². The third kappa shape index (κ3) is 3.85. The van der Waals surface area contributed by atoms with Crippen LogP contribution in [0.15, 0.2) is 41.1 Å². The van der Waals surface area contributed by atoms with Crippen molar-refractivity contribution in [2.45, 2.75) is 26.8 Å². The second kappa shape index (κ2) is 7.04. The maximum Gasteiger partial charge on any atom is 0.255 e. The number of benzene rings is 1. The van der Waals surface area contributed by atoms with Crippen molar-refractivity contribution in [2.75, 3.05) is 7.05 Å². The number of hydrogen-bond acceptors (Lipinski definition) is 3. The van der Waals surface area contributed by atoms with E-state index < -0.39 is 6.04 Å². The number of carbonyl (C=O) groups excluding carboxylic acids is 2. The van der Waals surface area contributed by atoms with Crippen LogP contribution in [0.5, 0.6) is 0 Å². The van der Waals surface area contributed by atoms with Crippen molar-refractivity contribution in [2.24, 2.45) is 0 Å². The zero-order chi connectivity index (χ0) is 17.1. The fourth-order valence-electron chi connectivity index (χ4n) is 2.22.